The molecule has 2 aromatic rings. The fourth-order valence-corrected chi connectivity index (χ4v) is 5.90. The topological polar surface area (TPSA) is 26.3 Å². The molecule has 0 aromatic heterocycles. The summed E-state index contributed by atoms with van der Waals surface area (Å²) in [5.74, 6) is 0.730. The van der Waals surface area contributed by atoms with Gasteiger partial charge in [-0.05, 0) is 44.2 Å². The molecule has 0 aliphatic rings. The molecule has 2 aromatic carbocycles. The molecule has 244 valence electrons. The molecule has 0 N–H and O–H groups in total. The smallest absolute Gasteiger partial charge is 0.196 e. The minimum atomic E-state index is 0. The average molecular weight is 614 g/mol. The molecule has 3 nitrogen and oxygen atoms in total. The zero-order chi connectivity index (χ0) is 30.1. The third-order valence-corrected chi connectivity index (χ3v) is 8.70. The number of quaternary nitrogens is 1. The van der Waals surface area contributed by atoms with Crippen molar-refractivity contribution in [1.82, 2.24) is 0 Å². The summed E-state index contributed by atoms with van der Waals surface area (Å²) in [7, 11) is 4.84. The molecule has 0 saturated carbocycles. The molecule has 0 aliphatic carbocycles. The first kappa shape index (κ1) is 39.2. The average Bonchev–Trinajstić information content (AvgIpc) is 3.00. The summed E-state index contributed by atoms with van der Waals surface area (Å²) in [4.78, 5) is 12.8. The standard InChI is InChI=1S/C39H64NO2.ClH/c1-4-5-6-26-33-40(2,3)34-27-19-17-15-13-11-9-7-8-10-12-14-16-18-20-28-35-42-38-32-25-24-31-37(38)39(41)36-29-22-21-23-30-36;/h21-25,29-32H,4-20,26-28,33-35H2,1-3H3;1H/q+1;/p-1. The summed E-state index contributed by atoms with van der Waals surface area (Å²) < 4.78 is 7.23. The van der Waals surface area contributed by atoms with E-state index >= 15 is 0 Å². The minimum absolute atomic E-state index is 0. The van der Waals surface area contributed by atoms with Gasteiger partial charge in [-0.25, -0.2) is 0 Å². The first-order chi connectivity index (χ1) is 20.5. The quantitative estimate of drug-likeness (QED) is 0.0577. The molecule has 0 unspecified atom stereocenters. The lowest BCUT2D eigenvalue weighted by atomic mass is 10.0. The molecule has 43 heavy (non-hydrogen) atoms. The van der Waals surface area contributed by atoms with Gasteiger partial charge in [-0.3, -0.25) is 4.79 Å². The lowest BCUT2D eigenvalue weighted by Gasteiger charge is -2.30. The van der Waals surface area contributed by atoms with Gasteiger partial charge in [0.2, 0.25) is 0 Å². The monoisotopic (exact) mass is 613 g/mol. The van der Waals surface area contributed by atoms with Crippen molar-refractivity contribution in [2.24, 2.45) is 0 Å². The van der Waals surface area contributed by atoms with Crippen molar-refractivity contribution in [1.29, 1.82) is 0 Å². The number of para-hydroxylation sites is 1. The molecule has 0 amide bonds. The van der Waals surface area contributed by atoms with Gasteiger partial charge in [0, 0.05) is 5.56 Å². The first-order valence-electron chi connectivity index (χ1n) is 17.7. The van der Waals surface area contributed by atoms with Crippen LogP contribution in [0.2, 0.25) is 0 Å². The maximum Gasteiger partial charge on any atom is 0.196 e. The highest BCUT2D eigenvalue weighted by Gasteiger charge is 2.14. The molecular weight excluding hydrogens is 550 g/mol. The first-order valence-corrected chi connectivity index (χ1v) is 17.7. The molecule has 0 bridgehead atoms. The number of rotatable bonds is 27. The van der Waals surface area contributed by atoms with Gasteiger partial charge in [0.1, 0.15) is 5.75 Å². The lowest BCUT2D eigenvalue weighted by Crippen LogP contribution is -3.00. The summed E-state index contributed by atoms with van der Waals surface area (Å²) >= 11 is 0. The van der Waals surface area contributed by atoms with Crippen LogP contribution in [0.5, 0.6) is 5.75 Å². The van der Waals surface area contributed by atoms with Crippen LogP contribution in [-0.4, -0.2) is 44.1 Å². The molecular formula is C39H64ClNO2. The molecule has 0 fully saturated rings. The Labute approximate surface area is 272 Å². The van der Waals surface area contributed by atoms with Crippen LogP contribution in [0.15, 0.2) is 54.6 Å². The minimum Gasteiger partial charge on any atom is -1.00 e. The van der Waals surface area contributed by atoms with Crippen molar-refractivity contribution in [2.45, 2.75) is 135 Å². The van der Waals surface area contributed by atoms with Crippen molar-refractivity contribution in [2.75, 3.05) is 33.8 Å². The predicted octanol–water partition coefficient (Wildman–Crippen LogP) is 8.20. The van der Waals surface area contributed by atoms with Crippen molar-refractivity contribution >= 4 is 5.78 Å². The van der Waals surface area contributed by atoms with Gasteiger partial charge in [0.15, 0.2) is 5.78 Å². The summed E-state index contributed by atoms with van der Waals surface area (Å²) in [5.41, 5.74) is 1.36. The molecule has 0 aliphatic heterocycles. The van der Waals surface area contributed by atoms with Gasteiger partial charge < -0.3 is 21.6 Å². The Morgan fingerprint density at radius 2 is 0.977 bits per heavy atom. The van der Waals surface area contributed by atoms with Crippen LogP contribution in [0, 0.1) is 0 Å². The largest absolute Gasteiger partial charge is 1.00 e. The molecule has 0 heterocycles. The number of carbonyl (C=O) groups is 1. The second kappa shape index (κ2) is 25.5. The molecule has 0 saturated heterocycles. The summed E-state index contributed by atoms with van der Waals surface area (Å²) in [6, 6.07) is 17.1. The second-order valence-electron chi connectivity index (χ2n) is 13.1. The number of hydrogen-bond donors (Lipinski definition) is 0. The number of carbonyl (C=O) groups excluding carboxylic acids is 1. The van der Waals surface area contributed by atoms with Gasteiger partial charge in [0.05, 0.1) is 39.4 Å². The molecule has 0 radical (unpaired) electrons. The summed E-state index contributed by atoms with van der Waals surface area (Å²) in [6.07, 6.45) is 27.4. The highest BCUT2D eigenvalue weighted by molar-refractivity contribution is 6.10. The van der Waals surface area contributed by atoms with Crippen molar-refractivity contribution in [3.63, 3.8) is 0 Å². The van der Waals surface area contributed by atoms with Crippen molar-refractivity contribution in [3.05, 3.63) is 65.7 Å². The number of unbranched alkanes of at least 4 members (excludes halogenated alkanes) is 18. The van der Waals surface area contributed by atoms with E-state index in [-0.39, 0.29) is 18.2 Å². The van der Waals surface area contributed by atoms with Gasteiger partial charge >= 0.3 is 0 Å². The molecule has 2 rings (SSSR count). The Hall–Kier alpha value is -1.84. The van der Waals surface area contributed by atoms with E-state index in [1.807, 2.05) is 54.6 Å². The third kappa shape index (κ3) is 19.2. The van der Waals surface area contributed by atoms with Gasteiger partial charge in [-0.2, -0.15) is 0 Å². The van der Waals surface area contributed by atoms with E-state index in [4.69, 9.17) is 4.74 Å². The zero-order valence-electron chi connectivity index (χ0n) is 28.1. The van der Waals surface area contributed by atoms with E-state index < -0.39 is 0 Å². The normalized spacial score (nSPS) is 11.3. The zero-order valence-corrected chi connectivity index (χ0v) is 28.9. The van der Waals surface area contributed by atoms with Crippen LogP contribution < -0.4 is 17.1 Å². The maximum absolute atomic E-state index is 12.8. The van der Waals surface area contributed by atoms with Crippen LogP contribution in [0.3, 0.4) is 0 Å². The van der Waals surface area contributed by atoms with Crippen LogP contribution in [0.25, 0.3) is 0 Å². The number of hydrogen-bond acceptors (Lipinski definition) is 2. The van der Waals surface area contributed by atoms with Gasteiger partial charge in [-0.15, -0.1) is 0 Å². The Morgan fingerprint density at radius 1 is 0.558 bits per heavy atom. The highest BCUT2D eigenvalue weighted by Crippen LogP contribution is 2.22. The number of halogens is 1. The van der Waals surface area contributed by atoms with E-state index in [1.54, 1.807) is 0 Å². The number of ketones is 1. The SMILES string of the molecule is CCCCCC[N+](C)(C)CCCCCCCCCCCCCCCCCCOc1ccccc1C(=O)c1ccccc1.[Cl-]. The lowest BCUT2D eigenvalue weighted by molar-refractivity contribution is -0.890. The predicted molar refractivity (Wildman–Crippen MR) is 182 cm³/mol. The third-order valence-electron chi connectivity index (χ3n) is 8.70. The molecule has 0 atom stereocenters. The van der Waals surface area contributed by atoms with E-state index in [1.165, 1.54) is 140 Å². The van der Waals surface area contributed by atoms with Gasteiger partial charge in [-0.1, -0.05) is 146 Å². The van der Waals surface area contributed by atoms with Crippen LogP contribution in [-0.2, 0) is 0 Å². The van der Waals surface area contributed by atoms with Crippen molar-refractivity contribution < 1.29 is 26.4 Å². The Bertz CT molecular complexity index is 930. The highest BCUT2D eigenvalue weighted by atomic mass is 35.5. The molecule has 4 heteroatoms. The second-order valence-corrected chi connectivity index (χ2v) is 13.1. The number of benzene rings is 2. The number of nitrogens with zero attached hydrogens (tertiary/aromatic N) is 1. The fraction of sp³-hybridized carbons (Fsp3) is 0.667. The Kier molecular flexibility index (Phi) is 23.2. The molecule has 0 spiro atoms. The summed E-state index contributed by atoms with van der Waals surface area (Å²) in [6.45, 7) is 5.68. The van der Waals surface area contributed by atoms with Crippen LogP contribution in [0.1, 0.15) is 151 Å². The van der Waals surface area contributed by atoms with E-state index in [2.05, 4.69) is 21.0 Å². The maximum atomic E-state index is 12.8. The Balaban J connectivity index is 0.00000924. The Morgan fingerprint density at radius 3 is 1.49 bits per heavy atom. The van der Waals surface area contributed by atoms with Crippen LogP contribution in [0.4, 0.5) is 0 Å². The van der Waals surface area contributed by atoms with E-state index in [0.717, 1.165) is 6.42 Å². The number of ether oxygens (including phenoxy) is 1. The van der Waals surface area contributed by atoms with E-state index in [0.29, 0.717) is 23.5 Å². The van der Waals surface area contributed by atoms with Crippen molar-refractivity contribution in [3.8, 4) is 5.75 Å². The summed E-state index contributed by atoms with van der Waals surface area (Å²) in [5, 5.41) is 0. The fourth-order valence-electron chi connectivity index (χ4n) is 5.90. The van der Waals surface area contributed by atoms with E-state index in [9.17, 15) is 4.79 Å². The van der Waals surface area contributed by atoms with Gasteiger partial charge in [0.25, 0.3) is 0 Å². The van der Waals surface area contributed by atoms with Crippen LogP contribution >= 0.6 is 0 Å².